The summed E-state index contributed by atoms with van der Waals surface area (Å²) in [5, 5.41) is 2.55. The predicted molar refractivity (Wildman–Crippen MR) is 121 cm³/mol. The van der Waals surface area contributed by atoms with E-state index in [4.69, 9.17) is 4.74 Å². The molecule has 1 N–H and O–H groups in total. The molecule has 1 saturated heterocycles. The highest BCUT2D eigenvalue weighted by molar-refractivity contribution is 6.22. The van der Waals surface area contributed by atoms with E-state index in [0.29, 0.717) is 17.0 Å². The summed E-state index contributed by atoms with van der Waals surface area (Å²) in [4.78, 5) is 41.6. The average Bonchev–Trinajstić information content (AvgIpc) is 3.04. The number of benzene rings is 3. The van der Waals surface area contributed by atoms with Crippen LogP contribution in [0.2, 0.25) is 0 Å². The second-order valence-electron chi connectivity index (χ2n) is 7.69. The lowest BCUT2D eigenvalue weighted by atomic mass is 10.1. The molecule has 0 spiro atoms. The molecule has 1 fully saturated rings. The van der Waals surface area contributed by atoms with Crippen LogP contribution in [0.15, 0.2) is 72.8 Å². The van der Waals surface area contributed by atoms with Crippen molar-refractivity contribution in [1.82, 2.24) is 4.90 Å². The van der Waals surface area contributed by atoms with Gasteiger partial charge in [-0.25, -0.2) is 18.5 Å². The van der Waals surface area contributed by atoms with E-state index < -0.39 is 35.5 Å². The van der Waals surface area contributed by atoms with E-state index in [1.165, 1.54) is 54.5 Å². The monoisotopic (exact) mass is 465 g/mol. The van der Waals surface area contributed by atoms with Gasteiger partial charge in [-0.3, -0.25) is 9.59 Å². The number of amides is 4. The molecule has 0 radical (unpaired) electrons. The largest absolute Gasteiger partial charge is 0.497 e. The summed E-state index contributed by atoms with van der Waals surface area (Å²) >= 11 is 0. The lowest BCUT2D eigenvalue weighted by Gasteiger charge is -2.21. The molecule has 9 heteroatoms. The van der Waals surface area contributed by atoms with Gasteiger partial charge in [-0.2, -0.15) is 0 Å². The van der Waals surface area contributed by atoms with Gasteiger partial charge >= 0.3 is 6.03 Å². The van der Waals surface area contributed by atoms with E-state index in [0.717, 1.165) is 11.0 Å². The van der Waals surface area contributed by atoms with Gasteiger partial charge in [0.05, 0.1) is 19.2 Å². The third kappa shape index (κ3) is 4.88. The van der Waals surface area contributed by atoms with Gasteiger partial charge in [0, 0.05) is 18.3 Å². The molecule has 0 aromatic heterocycles. The molecule has 1 aliphatic rings. The Labute approximate surface area is 194 Å². The molecule has 0 aliphatic carbocycles. The van der Waals surface area contributed by atoms with Gasteiger partial charge in [0.15, 0.2) is 0 Å². The van der Waals surface area contributed by atoms with Crippen LogP contribution >= 0.6 is 0 Å². The summed E-state index contributed by atoms with van der Waals surface area (Å²) in [7, 11) is 1.47. The molecule has 4 rings (SSSR count). The highest BCUT2D eigenvalue weighted by Crippen LogP contribution is 2.30. The van der Waals surface area contributed by atoms with Crippen molar-refractivity contribution < 1.29 is 27.9 Å². The first-order valence-electron chi connectivity index (χ1n) is 10.4. The number of anilines is 2. The number of rotatable bonds is 7. The van der Waals surface area contributed by atoms with Crippen LogP contribution < -0.4 is 15.0 Å². The standard InChI is InChI=1S/C25H21F2N3O4/c1-34-21-7-3-6-20(13-21)30-24(32)22(14-23(31)28-19-5-2-4-18(27)12-19)29(25(30)33)15-16-8-10-17(26)11-9-16/h2-13,22H,14-15H2,1H3,(H,28,31). The van der Waals surface area contributed by atoms with Crippen LogP contribution in [0.1, 0.15) is 12.0 Å². The van der Waals surface area contributed by atoms with Crippen molar-refractivity contribution in [3.63, 3.8) is 0 Å². The molecule has 1 heterocycles. The van der Waals surface area contributed by atoms with Gasteiger partial charge in [0.25, 0.3) is 5.91 Å². The van der Waals surface area contributed by atoms with E-state index in [1.54, 1.807) is 24.3 Å². The fourth-order valence-electron chi connectivity index (χ4n) is 3.74. The number of hydrogen-bond donors (Lipinski definition) is 1. The van der Waals surface area contributed by atoms with Gasteiger partial charge in [-0.15, -0.1) is 0 Å². The molecule has 34 heavy (non-hydrogen) atoms. The van der Waals surface area contributed by atoms with Crippen LogP contribution in [-0.4, -0.2) is 35.9 Å². The Morgan fingerprint density at radius 1 is 0.971 bits per heavy atom. The smallest absolute Gasteiger partial charge is 0.332 e. The number of imide groups is 1. The first-order valence-corrected chi connectivity index (χ1v) is 10.4. The van der Waals surface area contributed by atoms with E-state index in [9.17, 15) is 23.2 Å². The van der Waals surface area contributed by atoms with E-state index in [-0.39, 0.29) is 18.7 Å². The van der Waals surface area contributed by atoms with Crippen LogP contribution in [0, 0.1) is 11.6 Å². The molecule has 3 aromatic rings. The van der Waals surface area contributed by atoms with Crippen LogP contribution in [0.25, 0.3) is 0 Å². The molecule has 1 aliphatic heterocycles. The zero-order valence-electron chi connectivity index (χ0n) is 18.2. The van der Waals surface area contributed by atoms with Crippen LogP contribution in [-0.2, 0) is 16.1 Å². The normalized spacial score (nSPS) is 15.6. The minimum atomic E-state index is -1.11. The third-order valence-corrected chi connectivity index (χ3v) is 5.38. The van der Waals surface area contributed by atoms with Crippen molar-refractivity contribution in [2.75, 3.05) is 17.3 Å². The van der Waals surface area contributed by atoms with Crippen LogP contribution in [0.4, 0.5) is 25.0 Å². The second-order valence-corrected chi connectivity index (χ2v) is 7.69. The van der Waals surface area contributed by atoms with Gasteiger partial charge in [-0.1, -0.05) is 24.3 Å². The fourth-order valence-corrected chi connectivity index (χ4v) is 3.74. The van der Waals surface area contributed by atoms with Crippen molar-refractivity contribution in [3.8, 4) is 5.75 Å². The van der Waals surface area contributed by atoms with Gasteiger partial charge in [0.1, 0.15) is 23.4 Å². The first-order chi connectivity index (χ1) is 16.4. The lowest BCUT2D eigenvalue weighted by Crippen LogP contribution is -2.37. The number of nitrogens with one attached hydrogen (secondary N) is 1. The molecule has 0 bridgehead atoms. The van der Waals surface area contributed by atoms with Crippen molar-refractivity contribution in [3.05, 3.63) is 90.0 Å². The first kappa shape index (κ1) is 22.9. The third-order valence-electron chi connectivity index (χ3n) is 5.38. The van der Waals surface area contributed by atoms with E-state index in [2.05, 4.69) is 5.32 Å². The Bertz CT molecular complexity index is 1230. The quantitative estimate of drug-likeness (QED) is 0.527. The van der Waals surface area contributed by atoms with Crippen LogP contribution in [0.5, 0.6) is 5.75 Å². The predicted octanol–water partition coefficient (Wildman–Crippen LogP) is 4.34. The molecule has 0 saturated carbocycles. The highest BCUT2D eigenvalue weighted by atomic mass is 19.1. The number of carbonyl (C=O) groups is 3. The maximum atomic E-state index is 13.5. The molecular formula is C25H21F2N3O4. The van der Waals surface area contributed by atoms with Crippen LogP contribution in [0.3, 0.4) is 0 Å². The number of halogens is 2. The van der Waals surface area contributed by atoms with E-state index >= 15 is 0 Å². The number of methoxy groups -OCH3 is 1. The van der Waals surface area contributed by atoms with E-state index in [1.807, 2.05) is 0 Å². The number of nitrogens with zero attached hydrogens (tertiary/aromatic N) is 2. The van der Waals surface area contributed by atoms with Crippen molar-refractivity contribution in [1.29, 1.82) is 0 Å². The summed E-state index contributed by atoms with van der Waals surface area (Å²) < 4.78 is 32.0. The summed E-state index contributed by atoms with van der Waals surface area (Å²) in [6.45, 7) is -0.0107. The molecule has 1 atom stereocenters. The molecule has 1 unspecified atom stereocenters. The zero-order chi connectivity index (χ0) is 24.2. The van der Waals surface area contributed by atoms with Gasteiger partial charge < -0.3 is 15.0 Å². The molecule has 3 aromatic carbocycles. The Hall–Kier alpha value is -4.27. The summed E-state index contributed by atoms with van der Waals surface area (Å²) in [6.07, 6.45) is -0.344. The second kappa shape index (κ2) is 9.70. The topological polar surface area (TPSA) is 79.0 Å². The average molecular weight is 465 g/mol. The highest BCUT2D eigenvalue weighted by Gasteiger charge is 2.46. The van der Waals surface area contributed by atoms with Crippen molar-refractivity contribution in [2.45, 2.75) is 19.0 Å². The number of hydrogen-bond acceptors (Lipinski definition) is 4. The molecule has 4 amide bonds. The summed E-state index contributed by atoms with van der Waals surface area (Å²) in [5.74, 6) is -1.65. The lowest BCUT2D eigenvalue weighted by molar-refractivity contribution is -0.124. The minimum absolute atomic E-state index is 0.0107. The molecule has 7 nitrogen and oxygen atoms in total. The van der Waals surface area contributed by atoms with Crippen molar-refractivity contribution in [2.24, 2.45) is 0 Å². The van der Waals surface area contributed by atoms with Gasteiger partial charge in [-0.05, 0) is 48.0 Å². The summed E-state index contributed by atoms with van der Waals surface area (Å²) in [5.41, 5.74) is 1.12. The minimum Gasteiger partial charge on any atom is -0.497 e. The number of urea groups is 1. The summed E-state index contributed by atoms with van der Waals surface area (Å²) in [6, 6.07) is 15.6. The Morgan fingerprint density at radius 2 is 1.71 bits per heavy atom. The zero-order valence-corrected chi connectivity index (χ0v) is 18.2. The maximum Gasteiger partial charge on any atom is 0.332 e. The molecule has 174 valence electrons. The SMILES string of the molecule is COc1cccc(N2C(=O)C(CC(=O)Nc3cccc(F)c3)N(Cc3ccc(F)cc3)C2=O)c1. The Morgan fingerprint density at radius 3 is 2.41 bits per heavy atom. The van der Waals surface area contributed by atoms with Gasteiger partial charge in [0.2, 0.25) is 5.91 Å². The van der Waals surface area contributed by atoms with Crippen molar-refractivity contribution >= 4 is 29.2 Å². The number of carbonyl (C=O) groups excluding carboxylic acids is 3. The number of ether oxygens (including phenoxy) is 1. The molecular weight excluding hydrogens is 444 g/mol. The Balaban J connectivity index is 1.62. The Kier molecular flexibility index (Phi) is 6.53. The fraction of sp³-hybridized carbons (Fsp3) is 0.160. The maximum absolute atomic E-state index is 13.5.